The third kappa shape index (κ3) is 5.06. The maximum absolute atomic E-state index is 12.7. The number of hydrogen-bond donors (Lipinski definition) is 0. The van der Waals surface area contributed by atoms with Gasteiger partial charge in [0.15, 0.2) is 0 Å². The number of alkyl halides is 3. The van der Waals surface area contributed by atoms with Crippen LogP contribution in [0.5, 0.6) is 0 Å². The van der Waals surface area contributed by atoms with Crippen molar-refractivity contribution < 1.29 is 18.0 Å². The summed E-state index contributed by atoms with van der Waals surface area (Å²) in [4.78, 5) is 5.49. The molecule has 0 N–H and O–H groups in total. The van der Waals surface area contributed by atoms with Gasteiger partial charge >= 0.3 is 6.18 Å². The van der Waals surface area contributed by atoms with E-state index in [-0.39, 0.29) is 6.61 Å². The monoisotopic (exact) mass is 462 g/mol. The summed E-state index contributed by atoms with van der Waals surface area (Å²) in [5, 5.41) is 4.26. The first-order valence-corrected chi connectivity index (χ1v) is 10.9. The minimum atomic E-state index is -4.35. The van der Waals surface area contributed by atoms with E-state index >= 15 is 0 Å². The molecule has 3 nitrogen and oxygen atoms in total. The van der Waals surface area contributed by atoms with Crippen LogP contribution in [0.4, 0.5) is 13.2 Å². The highest BCUT2D eigenvalue weighted by atomic mass is 19.4. The van der Waals surface area contributed by atoms with Crippen molar-refractivity contribution in [3.63, 3.8) is 0 Å². The fourth-order valence-electron chi connectivity index (χ4n) is 3.94. The first-order chi connectivity index (χ1) is 16.2. The summed E-state index contributed by atoms with van der Waals surface area (Å²) < 4.78 is 40.5. The van der Waals surface area contributed by atoms with Crippen LogP contribution in [0.3, 0.4) is 0 Å². The van der Waals surface area contributed by atoms with Gasteiger partial charge in [0.2, 0.25) is 0 Å². The van der Waals surface area contributed by atoms with E-state index in [1.54, 1.807) is 0 Å². The van der Waals surface area contributed by atoms with E-state index in [1.165, 1.54) is 12.1 Å². The molecule has 34 heavy (non-hydrogen) atoms. The topological polar surface area (TPSA) is 26.5 Å². The third-order valence-corrected chi connectivity index (χ3v) is 5.68. The Bertz CT molecular complexity index is 1300. The Balaban J connectivity index is 1.63. The van der Waals surface area contributed by atoms with Gasteiger partial charge in [-0.15, -0.1) is 0 Å². The van der Waals surface area contributed by atoms with Crippen molar-refractivity contribution >= 4 is 5.71 Å². The molecule has 1 heterocycles. The zero-order valence-corrected chi connectivity index (χ0v) is 19.2. The van der Waals surface area contributed by atoms with Crippen molar-refractivity contribution in [2.75, 3.05) is 0 Å². The van der Waals surface area contributed by atoms with E-state index in [0.29, 0.717) is 11.3 Å². The minimum absolute atomic E-state index is 0.0820. The maximum Gasteiger partial charge on any atom is 0.416 e. The number of aromatic nitrogens is 1. The van der Waals surface area contributed by atoms with Gasteiger partial charge in [0.1, 0.15) is 6.61 Å². The van der Waals surface area contributed by atoms with Crippen LogP contribution in [-0.4, -0.2) is 10.3 Å². The molecule has 0 atom stereocenters. The summed E-state index contributed by atoms with van der Waals surface area (Å²) in [5.74, 6) is 0. The Kier molecular flexibility index (Phi) is 6.59. The highest BCUT2D eigenvalue weighted by Gasteiger charge is 2.29. The molecule has 3 aromatic carbocycles. The first-order valence-electron chi connectivity index (χ1n) is 10.9. The van der Waals surface area contributed by atoms with Crippen molar-refractivity contribution in [1.82, 2.24) is 4.57 Å². The second kappa shape index (κ2) is 9.59. The van der Waals surface area contributed by atoms with Crippen molar-refractivity contribution in [2.24, 2.45) is 5.16 Å². The molecule has 4 rings (SSSR count). The molecule has 0 spiro atoms. The molecule has 0 radical (unpaired) electrons. The van der Waals surface area contributed by atoms with Gasteiger partial charge < -0.3 is 9.40 Å². The predicted molar refractivity (Wildman–Crippen MR) is 129 cm³/mol. The van der Waals surface area contributed by atoms with Gasteiger partial charge in [0.25, 0.3) is 0 Å². The molecule has 0 aliphatic heterocycles. The second-order valence-electron chi connectivity index (χ2n) is 8.21. The Labute approximate surface area is 197 Å². The molecular weight excluding hydrogens is 437 g/mol. The number of nitrogens with zero attached hydrogens (tertiary/aromatic N) is 2. The molecular formula is C28H25F3N2O. The lowest BCUT2D eigenvalue weighted by molar-refractivity contribution is -0.137. The summed E-state index contributed by atoms with van der Waals surface area (Å²) >= 11 is 0. The normalized spacial score (nSPS) is 12.1. The fraction of sp³-hybridized carbons (Fsp3) is 0.179. The molecule has 4 aromatic rings. The van der Waals surface area contributed by atoms with E-state index in [2.05, 4.69) is 53.0 Å². The first kappa shape index (κ1) is 23.4. The number of halogens is 3. The second-order valence-corrected chi connectivity index (χ2v) is 8.21. The van der Waals surface area contributed by atoms with Crippen LogP contribution in [0.2, 0.25) is 0 Å². The smallest absolute Gasteiger partial charge is 0.391 e. The Hall–Kier alpha value is -3.80. The standard InChI is InChI=1S/C28H25F3N2O/c1-19-8-7-11-25(16-19)33-21(3)26(17-27(33)23-9-5-4-6-10-23)20(2)32-34-18-22-12-14-24(15-13-22)28(29,30)31/h4-17H,18H2,1-3H3/b32-20-. The van der Waals surface area contributed by atoms with E-state index in [9.17, 15) is 13.2 Å². The van der Waals surface area contributed by atoms with Crippen LogP contribution >= 0.6 is 0 Å². The number of hydrogen-bond acceptors (Lipinski definition) is 2. The Morgan fingerprint density at radius 3 is 2.24 bits per heavy atom. The van der Waals surface area contributed by atoms with Gasteiger partial charge in [-0.3, -0.25) is 0 Å². The lowest BCUT2D eigenvalue weighted by atomic mass is 10.1. The van der Waals surface area contributed by atoms with Crippen molar-refractivity contribution in [2.45, 2.75) is 33.6 Å². The largest absolute Gasteiger partial charge is 0.416 e. The zero-order valence-electron chi connectivity index (χ0n) is 19.2. The van der Waals surface area contributed by atoms with Gasteiger partial charge in [-0.1, -0.05) is 59.8 Å². The van der Waals surface area contributed by atoms with Crippen LogP contribution in [0.15, 0.2) is 90.1 Å². The molecule has 0 aliphatic rings. The van der Waals surface area contributed by atoms with Crippen molar-refractivity contribution in [3.8, 4) is 16.9 Å². The molecule has 174 valence electrons. The molecule has 0 aliphatic carbocycles. The van der Waals surface area contributed by atoms with Crippen LogP contribution in [0.25, 0.3) is 16.9 Å². The molecule has 0 fully saturated rings. The molecule has 0 saturated carbocycles. The molecule has 0 bridgehead atoms. The molecule has 1 aromatic heterocycles. The predicted octanol–water partition coefficient (Wildman–Crippen LogP) is 7.72. The summed E-state index contributed by atoms with van der Waals surface area (Å²) in [6, 6.07) is 25.4. The Morgan fingerprint density at radius 2 is 1.59 bits per heavy atom. The zero-order chi connectivity index (χ0) is 24.3. The van der Waals surface area contributed by atoms with Crippen LogP contribution in [0.1, 0.15) is 34.9 Å². The lowest BCUT2D eigenvalue weighted by Crippen LogP contribution is -2.04. The highest BCUT2D eigenvalue weighted by molar-refractivity contribution is 6.01. The van der Waals surface area contributed by atoms with Gasteiger partial charge in [-0.2, -0.15) is 13.2 Å². The van der Waals surface area contributed by atoms with Crippen molar-refractivity contribution in [3.05, 3.63) is 113 Å². The van der Waals surface area contributed by atoms with E-state index < -0.39 is 11.7 Å². The number of aryl methyl sites for hydroxylation is 1. The summed E-state index contributed by atoms with van der Waals surface area (Å²) in [5.41, 5.74) is 6.91. The SMILES string of the molecule is C/C(=N/OCc1ccc(C(F)(F)F)cc1)c1cc(-c2ccccc2)n(-c2cccc(C)c2)c1C. The van der Waals surface area contributed by atoms with E-state index in [1.807, 2.05) is 38.1 Å². The molecule has 0 saturated heterocycles. The quantitative estimate of drug-likeness (QED) is 0.213. The van der Waals surface area contributed by atoms with Gasteiger partial charge in [-0.25, -0.2) is 0 Å². The number of rotatable bonds is 6. The molecule has 0 unspecified atom stereocenters. The highest BCUT2D eigenvalue weighted by Crippen LogP contribution is 2.31. The van der Waals surface area contributed by atoms with Gasteiger partial charge in [0, 0.05) is 16.9 Å². The molecule has 0 amide bonds. The summed E-state index contributed by atoms with van der Waals surface area (Å²) in [6.07, 6.45) is -4.35. The van der Waals surface area contributed by atoms with E-state index in [0.717, 1.165) is 45.9 Å². The van der Waals surface area contributed by atoms with Gasteiger partial charge in [-0.05, 0) is 67.8 Å². The summed E-state index contributed by atoms with van der Waals surface area (Å²) in [6.45, 7) is 6.05. The number of benzene rings is 3. The Morgan fingerprint density at radius 1 is 0.882 bits per heavy atom. The van der Waals surface area contributed by atoms with Gasteiger partial charge in [0.05, 0.1) is 17.0 Å². The van der Waals surface area contributed by atoms with Crippen LogP contribution < -0.4 is 0 Å². The molecule has 6 heteroatoms. The number of oxime groups is 1. The maximum atomic E-state index is 12.7. The average molecular weight is 463 g/mol. The van der Waals surface area contributed by atoms with Crippen molar-refractivity contribution in [1.29, 1.82) is 0 Å². The minimum Gasteiger partial charge on any atom is -0.391 e. The van der Waals surface area contributed by atoms with Crippen LogP contribution in [0, 0.1) is 13.8 Å². The van der Waals surface area contributed by atoms with E-state index in [4.69, 9.17) is 4.84 Å². The van der Waals surface area contributed by atoms with Crippen LogP contribution in [-0.2, 0) is 17.6 Å². The lowest BCUT2D eigenvalue weighted by Gasteiger charge is -2.13. The third-order valence-electron chi connectivity index (χ3n) is 5.68. The summed E-state index contributed by atoms with van der Waals surface area (Å²) in [7, 11) is 0. The fourth-order valence-corrected chi connectivity index (χ4v) is 3.94. The average Bonchev–Trinajstić information content (AvgIpc) is 3.16.